The molecular formula is C21H15BrN2O2. The first-order chi connectivity index (χ1) is 12.5. The highest BCUT2D eigenvalue weighted by Crippen LogP contribution is 2.40. The van der Waals surface area contributed by atoms with Crippen LogP contribution in [0.15, 0.2) is 59.1 Å². The summed E-state index contributed by atoms with van der Waals surface area (Å²) in [5, 5.41) is 3.22. The number of carbonyl (C=O) groups is 2. The minimum atomic E-state index is -0.205. The van der Waals surface area contributed by atoms with Crippen LogP contribution in [-0.2, 0) is 0 Å². The first-order valence-corrected chi connectivity index (χ1v) is 8.90. The van der Waals surface area contributed by atoms with Crippen molar-refractivity contribution in [1.82, 2.24) is 0 Å². The zero-order chi connectivity index (χ0) is 18.4. The third-order valence-corrected chi connectivity index (χ3v) is 5.18. The van der Waals surface area contributed by atoms with Gasteiger partial charge in [0.25, 0.3) is 0 Å². The molecule has 5 heteroatoms. The minimum absolute atomic E-state index is 0.178. The number of benzene rings is 3. The van der Waals surface area contributed by atoms with E-state index in [-0.39, 0.29) is 11.6 Å². The second kappa shape index (κ2) is 6.11. The van der Waals surface area contributed by atoms with E-state index in [1.54, 1.807) is 30.3 Å². The molecule has 0 aromatic heterocycles. The second-order valence-electron chi connectivity index (χ2n) is 6.26. The number of rotatable bonds is 2. The van der Waals surface area contributed by atoms with Gasteiger partial charge in [-0.2, -0.15) is 0 Å². The molecule has 128 valence electrons. The second-order valence-corrected chi connectivity index (χ2v) is 7.12. The molecule has 0 atom stereocenters. The van der Waals surface area contributed by atoms with Crippen molar-refractivity contribution in [2.75, 3.05) is 11.1 Å². The predicted octanol–water partition coefficient (Wildman–Crippen LogP) is 4.86. The lowest BCUT2D eigenvalue weighted by molar-refractivity contribution is 0.0979. The van der Waals surface area contributed by atoms with Gasteiger partial charge in [-0.3, -0.25) is 9.59 Å². The maximum atomic E-state index is 13.1. The monoisotopic (exact) mass is 406 g/mol. The lowest BCUT2D eigenvalue weighted by atomic mass is 9.83. The Bertz CT molecular complexity index is 1070. The summed E-state index contributed by atoms with van der Waals surface area (Å²) < 4.78 is 0.575. The van der Waals surface area contributed by atoms with Gasteiger partial charge in [-0.05, 0) is 41.1 Å². The van der Waals surface area contributed by atoms with Gasteiger partial charge in [0, 0.05) is 26.9 Å². The Morgan fingerprint density at radius 3 is 2.15 bits per heavy atom. The number of hydrogen-bond acceptors (Lipinski definition) is 4. The molecule has 3 aromatic rings. The molecule has 1 aliphatic carbocycles. The lowest BCUT2D eigenvalue weighted by Gasteiger charge is -2.23. The van der Waals surface area contributed by atoms with Crippen molar-refractivity contribution in [3.63, 3.8) is 0 Å². The van der Waals surface area contributed by atoms with E-state index in [1.165, 1.54) is 0 Å². The molecule has 26 heavy (non-hydrogen) atoms. The Morgan fingerprint density at radius 1 is 0.885 bits per heavy atom. The molecule has 0 fully saturated rings. The van der Waals surface area contributed by atoms with Crippen molar-refractivity contribution in [2.24, 2.45) is 0 Å². The zero-order valence-electron chi connectivity index (χ0n) is 14.0. The largest absolute Gasteiger partial charge is 0.396 e. The van der Waals surface area contributed by atoms with Crippen LogP contribution in [0.4, 0.5) is 17.1 Å². The van der Waals surface area contributed by atoms with Crippen LogP contribution in [0.5, 0.6) is 0 Å². The third-order valence-electron chi connectivity index (χ3n) is 4.53. The molecular weight excluding hydrogens is 392 g/mol. The molecule has 1 aliphatic rings. The number of hydrogen-bond donors (Lipinski definition) is 2. The molecule has 0 saturated carbocycles. The molecule has 4 nitrogen and oxygen atoms in total. The number of anilines is 3. The molecule has 0 amide bonds. The molecule has 0 heterocycles. The average molecular weight is 407 g/mol. The van der Waals surface area contributed by atoms with Gasteiger partial charge in [-0.1, -0.05) is 42.0 Å². The van der Waals surface area contributed by atoms with Crippen molar-refractivity contribution in [2.45, 2.75) is 6.92 Å². The summed E-state index contributed by atoms with van der Waals surface area (Å²) in [6, 6.07) is 16.2. The summed E-state index contributed by atoms with van der Waals surface area (Å²) in [5.74, 6) is -0.383. The molecule has 0 unspecified atom stereocenters. The highest BCUT2D eigenvalue weighted by Gasteiger charge is 2.33. The van der Waals surface area contributed by atoms with Gasteiger partial charge in [0.2, 0.25) is 0 Å². The van der Waals surface area contributed by atoms with Crippen molar-refractivity contribution < 1.29 is 9.59 Å². The summed E-state index contributed by atoms with van der Waals surface area (Å²) >= 11 is 3.41. The molecule has 0 spiro atoms. The van der Waals surface area contributed by atoms with E-state index in [0.29, 0.717) is 38.1 Å². The maximum absolute atomic E-state index is 13.1. The molecule has 3 N–H and O–H groups in total. The van der Waals surface area contributed by atoms with Crippen LogP contribution in [0.1, 0.15) is 37.4 Å². The van der Waals surface area contributed by atoms with Gasteiger partial charge in [0.1, 0.15) is 0 Å². The highest BCUT2D eigenvalue weighted by molar-refractivity contribution is 9.10. The fourth-order valence-electron chi connectivity index (χ4n) is 3.15. The standard InChI is InChI=1S/C21H15BrN2O2/c1-11-6-8-12(9-7-11)24-19-17-15(10-16(22)18(19)23)20(25)13-4-2-3-5-14(13)21(17)26/h2-10,24H,23H2,1H3. The molecule has 0 radical (unpaired) electrons. The maximum Gasteiger partial charge on any atom is 0.196 e. The first-order valence-electron chi connectivity index (χ1n) is 8.11. The van der Waals surface area contributed by atoms with Gasteiger partial charge >= 0.3 is 0 Å². The van der Waals surface area contributed by atoms with E-state index in [1.807, 2.05) is 31.2 Å². The van der Waals surface area contributed by atoms with Crippen molar-refractivity contribution in [3.05, 3.63) is 86.9 Å². The lowest BCUT2D eigenvalue weighted by Crippen LogP contribution is -2.23. The van der Waals surface area contributed by atoms with Gasteiger partial charge < -0.3 is 11.1 Å². The third kappa shape index (κ3) is 2.52. The topological polar surface area (TPSA) is 72.2 Å². The number of nitrogens with one attached hydrogen (secondary N) is 1. The van der Waals surface area contributed by atoms with Crippen molar-refractivity contribution in [1.29, 1.82) is 0 Å². The predicted molar refractivity (Wildman–Crippen MR) is 106 cm³/mol. The minimum Gasteiger partial charge on any atom is -0.396 e. The first kappa shape index (κ1) is 16.5. The van der Waals surface area contributed by atoms with Crippen LogP contribution < -0.4 is 11.1 Å². The summed E-state index contributed by atoms with van der Waals surface area (Å²) in [7, 11) is 0. The normalized spacial score (nSPS) is 12.5. The molecule has 0 bridgehead atoms. The number of halogens is 1. The fraction of sp³-hybridized carbons (Fsp3) is 0.0476. The Balaban J connectivity index is 1.93. The Kier molecular flexibility index (Phi) is 3.89. The number of nitrogen functional groups attached to an aromatic ring is 1. The van der Waals surface area contributed by atoms with Gasteiger partial charge in [-0.25, -0.2) is 0 Å². The number of fused-ring (bicyclic) bond motifs is 2. The summed E-state index contributed by atoms with van der Waals surface area (Å²) in [5.41, 5.74) is 10.5. The van der Waals surface area contributed by atoms with Gasteiger partial charge in [-0.15, -0.1) is 0 Å². The average Bonchev–Trinajstić information content (AvgIpc) is 2.65. The molecule has 0 aliphatic heterocycles. The zero-order valence-corrected chi connectivity index (χ0v) is 15.6. The number of carbonyl (C=O) groups excluding carboxylic acids is 2. The van der Waals surface area contributed by atoms with Crippen LogP contribution >= 0.6 is 15.9 Å². The highest BCUT2D eigenvalue weighted by atomic mass is 79.9. The van der Waals surface area contributed by atoms with Crippen LogP contribution in [0.2, 0.25) is 0 Å². The number of nitrogens with two attached hydrogens (primary N) is 1. The van der Waals surface area contributed by atoms with E-state index >= 15 is 0 Å². The van der Waals surface area contributed by atoms with E-state index in [4.69, 9.17) is 5.73 Å². The molecule has 3 aromatic carbocycles. The summed E-state index contributed by atoms with van der Waals surface area (Å²) in [6.07, 6.45) is 0. The van der Waals surface area contributed by atoms with Gasteiger partial charge in [0.05, 0.1) is 16.9 Å². The summed E-state index contributed by atoms with van der Waals surface area (Å²) in [6.45, 7) is 2.00. The quantitative estimate of drug-likeness (QED) is 0.466. The number of aryl methyl sites for hydroxylation is 1. The number of ketones is 2. The van der Waals surface area contributed by atoms with E-state index in [9.17, 15) is 9.59 Å². The molecule has 4 rings (SSSR count). The van der Waals surface area contributed by atoms with Crippen LogP contribution in [0.3, 0.4) is 0 Å². The van der Waals surface area contributed by atoms with E-state index in [2.05, 4.69) is 21.2 Å². The Hall–Kier alpha value is -2.92. The SMILES string of the molecule is Cc1ccc(Nc2c(N)c(Br)cc3c2C(=O)c2ccccc2C3=O)cc1. The van der Waals surface area contributed by atoms with Crippen molar-refractivity contribution in [3.8, 4) is 0 Å². The fourth-order valence-corrected chi connectivity index (χ4v) is 3.58. The smallest absolute Gasteiger partial charge is 0.196 e. The Labute approximate surface area is 159 Å². The van der Waals surface area contributed by atoms with E-state index < -0.39 is 0 Å². The molecule has 0 saturated heterocycles. The summed E-state index contributed by atoms with van der Waals surface area (Å²) in [4.78, 5) is 26.0. The van der Waals surface area contributed by atoms with Crippen LogP contribution in [0, 0.1) is 6.92 Å². The van der Waals surface area contributed by atoms with Gasteiger partial charge in [0.15, 0.2) is 11.6 Å². The van der Waals surface area contributed by atoms with Crippen molar-refractivity contribution >= 4 is 44.6 Å². The van der Waals surface area contributed by atoms with Crippen LogP contribution in [-0.4, -0.2) is 11.6 Å². The van der Waals surface area contributed by atoms with Crippen LogP contribution in [0.25, 0.3) is 0 Å². The van der Waals surface area contributed by atoms with E-state index in [0.717, 1.165) is 11.3 Å². The Morgan fingerprint density at radius 2 is 1.50 bits per heavy atom.